The Kier molecular flexibility index (Phi) is 7.40. The van der Waals surface area contributed by atoms with Gasteiger partial charge in [0.15, 0.2) is 12.5 Å². The average molecular weight is 248 g/mol. The lowest BCUT2D eigenvalue weighted by Crippen LogP contribution is -2.28. The minimum Gasteiger partial charge on any atom is -0.368 e. The van der Waals surface area contributed by atoms with E-state index in [4.69, 9.17) is 9.47 Å². The summed E-state index contributed by atoms with van der Waals surface area (Å²) in [5.74, 6) is 0. The molecule has 1 aliphatic heterocycles. The Hall–Kier alpha value is 0.190. The number of epoxide rings is 1. The Morgan fingerprint density at radius 2 is 1.94 bits per heavy atom. The number of rotatable bonds is 10. The van der Waals surface area contributed by atoms with Crippen molar-refractivity contribution in [2.75, 3.05) is 19.7 Å². The smallest absolute Gasteiger partial charge is 0.150 e. The molecule has 0 amide bonds. The van der Waals surface area contributed by atoms with Gasteiger partial charge in [-0.2, -0.15) is 0 Å². The normalized spacial score (nSPS) is 25.7. The fraction of sp³-hybridized carbons (Fsp3) is 1.00. The molecule has 16 heavy (non-hydrogen) atoms. The quantitative estimate of drug-likeness (QED) is 0.236. The van der Waals surface area contributed by atoms with Crippen molar-refractivity contribution < 1.29 is 9.47 Å². The number of hydrogen-bond acceptors (Lipinski definition) is 5. The Labute approximate surface area is 104 Å². The summed E-state index contributed by atoms with van der Waals surface area (Å²) >= 11 is 4.14. The third kappa shape index (κ3) is 6.70. The highest BCUT2D eigenvalue weighted by molar-refractivity contribution is 7.80. The van der Waals surface area contributed by atoms with Gasteiger partial charge >= 0.3 is 0 Å². The zero-order valence-corrected chi connectivity index (χ0v) is 11.1. The molecule has 2 unspecified atom stereocenters. The maximum atomic E-state index is 5.40. The third-order valence-corrected chi connectivity index (χ3v) is 2.51. The first-order valence-electron chi connectivity index (χ1n) is 6.16. The van der Waals surface area contributed by atoms with Crippen molar-refractivity contribution in [2.24, 2.45) is 0 Å². The summed E-state index contributed by atoms with van der Waals surface area (Å²) in [5.41, 5.74) is 0.0438. The monoisotopic (exact) mass is 248 g/mol. The van der Waals surface area contributed by atoms with E-state index in [0.717, 1.165) is 39.0 Å². The fourth-order valence-corrected chi connectivity index (χ4v) is 1.54. The molecule has 5 heteroatoms. The zero-order valence-electron chi connectivity index (χ0n) is 10.2. The topological polar surface area (TPSA) is 45.8 Å². The highest BCUT2D eigenvalue weighted by Gasteiger charge is 2.37. The molecule has 0 saturated carbocycles. The molecular weight excluding hydrogens is 224 g/mol. The van der Waals surface area contributed by atoms with Crippen LogP contribution in [0.25, 0.3) is 0 Å². The lowest BCUT2D eigenvalue weighted by Gasteiger charge is -2.06. The van der Waals surface area contributed by atoms with Crippen LogP contribution >= 0.6 is 12.6 Å². The van der Waals surface area contributed by atoms with Gasteiger partial charge in [0, 0.05) is 6.61 Å². The van der Waals surface area contributed by atoms with Crippen LogP contribution < -0.4 is 10.6 Å². The first-order valence-corrected chi connectivity index (χ1v) is 6.67. The van der Waals surface area contributed by atoms with Gasteiger partial charge in [-0.15, -0.1) is 12.6 Å². The second-order valence-corrected chi connectivity index (χ2v) is 4.79. The molecule has 4 nitrogen and oxygen atoms in total. The van der Waals surface area contributed by atoms with Gasteiger partial charge in [-0.05, 0) is 39.3 Å². The summed E-state index contributed by atoms with van der Waals surface area (Å²) in [6, 6.07) is 0. The molecule has 1 saturated heterocycles. The Bertz CT molecular complexity index is 181. The van der Waals surface area contributed by atoms with Crippen LogP contribution in [0, 0.1) is 0 Å². The molecule has 0 aliphatic carbocycles. The Morgan fingerprint density at radius 1 is 1.25 bits per heavy atom. The molecular formula is C11H24N2O2S. The van der Waals surface area contributed by atoms with E-state index < -0.39 is 0 Å². The fourth-order valence-electron chi connectivity index (χ4n) is 1.43. The zero-order chi connectivity index (χ0) is 11.8. The van der Waals surface area contributed by atoms with Gasteiger partial charge in [0.2, 0.25) is 0 Å². The number of ether oxygens (including phenoxy) is 2. The Morgan fingerprint density at radius 3 is 2.56 bits per heavy atom. The van der Waals surface area contributed by atoms with Crippen LogP contribution in [0.2, 0.25) is 0 Å². The van der Waals surface area contributed by atoms with E-state index in [9.17, 15) is 0 Å². The number of hydrogen-bond donors (Lipinski definition) is 3. The number of thiol groups is 1. The lowest BCUT2D eigenvalue weighted by atomic mass is 10.3. The largest absolute Gasteiger partial charge is 0.368 e. The van der Waals surface area contributed by atoms with E-state index in [0.29, 0.717) is 0 Å². The Balaban J connectivity index is 1.79. The van der Waals surface area contributed by atoms with Crippen LogP contribution in [-0.2, 0) is 9.47 Å². The molecule has 1 fully saturated rings. The molecule has 0 bridgehead atoms. The summed E-state index contributed by atoms with van der Waals surface area (Å²) in [6.45, 7) is 6.88. The van der Waals surface area contributed by atoms with Crippen LogP contribution in [0.5, 0.6) is 0 Å². The summed E-state index contributed by atoms with van der Waals surface area (Å²) in [5, 5.41) is 6.65. The van der Waals surface area contributed by atoms with Gasteiger partial charge in [-0.1, -0.05) is 6.92 Å². The van der Waals surface area contributed by atoms with Crippen molar-refractivity contribution in [3.05, 3.63) is 0 Å². The molecule has 0 aromatic rings. The van der Waals surface area contributed by atoms with E-state index >= 15 is 0 Å². The molecule has 2 N–H and O–H groups in total. The minimum absolute atomic E-state index is 0.0438. The molecule has 1 heterocycles. The molecule has 1 aliphatic rings. The van der Waals surface area contributed by atoms with E-state index in [1.807, 2.05) is 6.92 Å². The maximum Gasteiger partial charge on any atom is 0.150 e. The first-order chi connectivity index (χ1) is 7.74. The second-order valence-electron chi connectivity index (χ2n) is 4.06. The van der Waals surface area contributed by atoms with E-state index in [1.54, 1.807) is 0 Å². The van der Waals surface area contributed by atoms with Crippen molar-refractivity contribution in [3.8, 4) is 0 Å². The number of nitrogens with one attached hydrogen (secondary N) is 2. The predicted molar refractivity (Wildman–Crippen MR) is 68.6 cm³/mol. The summed E-state index contributed by atoms with van der Waals surface area (Å²) < 4.78 is 10.7. The molecule has 3 atom stereocenters. The molecule has 96 valence electrons. The van der Waals surface area contributed by atoms with E-state index in [-0.39, 0.29) is 17.9 Å². The first kappa shape index (κ1) is 14.3. The lowest BCUT2D eigenvalue weighted by molar-refractivity contribution is 0.121. The molecule has 1 rings (SSSR count). The predicted octanol–water partition coefficient (Wildman–Crippen LogP) is 1.33. The van der Waals surface area contributed by atoms with E-state index in [2.05, 4.69) is 30.2 Å². The van der Waals surface area contributed by atoms with Crippen LogP contribution in [0.15, 0.2) is 0 Å². The minimum atomic E-state index is 0.0438. The summed E-state index contributed by atoms with van der Waals surface area (Å²) in [6.07, 6.45) is 3.77. The third-order valence-electron chi connectivity index (χ3n) is 2.36. The van der Waals surface area contributed by atoms with Gasteiger partial charge in [-0.3, -0.25) is 10.6 Å². The molecule has 0 aromatic heterocycles. The van der Waals surface area contributed by atoms with Crippen molar-refractivity contribution >= 4 is 12.6 Å². The van der Waals surface area contributed by atoms with Gasteiger partial charge in [0.05, 0.1) is 5.44 Å². The highest BCUT2D eigenvalue weighted by Crippen LogP contribution is 2.15. The van der Waals surface area contributed by atoms with Gasteiger partial charge in [-0.25, -0.2) is 0 Å². The summed E-state index contributed by atoms with van der Waals surface area (Å²) in [4.78, 5) is 0. The standard InChI is InChI=1S/C11H24N2O2S/c1-3-6-12-10-11(15-10)13-7-4-5-8-14-9(2)16/h9-13,16H,3-8H2,1-2H3/t9?,10-,11?/m0/s1. The van der Waals surface area contributed by atoms with Crippen LogP contribution in [0.3, 0.4) is 0 Å². The highest BCUT2D eigenvalue weighted by atomic mass is 32.1. The molecule has 0 aromatic carbocycles. The van der Waals surface area contributed by atoms with E-state index in [1.165, 1.54) is 0 Å². The van der Waals surface area contributed by atoms with Crippen molar-refractivity contribution in [2.45, 2.75) is 51.0 Å². The van der Waals surface area contributed by atoms with Gasteiger partial charge < -0.3 is 9.47 Å². The summed E-state index contributed by atoms with van der Waals surface area (Å²) in [7, 11) is 0. The van der Waals surface area contributed by atoms with Crippen molar-refractivity contribution in [3.63, 3.8) is 0 Å². The molecule has 0 spiro atoms. The van der Waals surface area contributed by atoms with Gasteiger partial charge in [0.1, 0.15) is 0 Å². The number of unbranched alkanes of at least 4 members (excludes halogenated alkanes) is 1. The van der Waals surface area contributed by atoms with Crippen LogP contribution in [-0.4, -0.2) is 37.6 Å². The van der Waals surface area contributed by atoms with Gasteiger partial charge in [0.25, 0.3) is 0 Å². The average Bonchev–Trinajstić information content (AvgIpc) is 2.98. The molecule has 0 radical (unpaired) electrons. The second kappa shape index (κ2) is 8.31. The van der Waals surface area contributed by atoms with Crippen LogP contribution in [0.4, 0.5) is 0 Å². The van der Waals surface area contributed by atoms with Crippen molar-refractivity contribution in [1.29, 1.82) is 0 Å². The van der Waals surface area contributed by atoms with Crippen molar-refractivity contribution in [1.82, 2.24) is 10.6 Å². The SMILES string of the molecule is CCCN[C@H]1OC1NCCCCOC(C)S. The van der Waals surface area contributed by atoms with Crippen LogP contribution in [0.1, 0.15) is 33.1 Å². The maximum absolute atomic E-state index is 5.40.